The fourth-order valence-electron chi connectivity index (χ4n) is 2.19. The van der Waals surface area contributed by atoms with Crippen LogP contribution in [0.3, 0.4) is 0 Å². The van der Waals surface area contributed by atoms with Crippen LogP contribution in [0.5, 0.6) is 0 Å². The van der Waals surface area contributed by atoms with E-state index < -0.39 is 0 Å². The lowest BCUT2D eigenvalue weighted by Crippen LogP contribution is -2.64. The first-order valence-electron chi connectivity index (χ1n) is 5.46. The molecule has 2 rings (SSSR count). The average Bonchev–Trinajstić information content (AvgIpc) is 2.17. The molecule has 2 aliphatic rings. The van der Waals surface area contributed by atoms with E-state index in [0.717, 1.165) is 32.2 Å². The van der Waals surface area contributed by atoms with Crippen molar-refractivity contribution in [3.63, 3.8) is 0 Å². The number of nitrogens with one attached hydrogen (secondary N) is 1. The van der Waals surface area contributed by atoms with E-state index in [-0.39, 0.29) is 0 Å². The van der Waals surface area contributed by atoms with Crippen molar-refractivity contribution in [1.82, 2.24) is 15.1 Å². The summed E-state index contributed by atoms with van der Waals surface area (Å²) in [5.74, 6) is 2.79. The zero-order chi connectivity index (χ0) is 9.97. The van der Waals surface area contributed by atoms with Crippen molar-refractivity contribution >= 4 is 0 Å². The van der Waals surface area contributed by atoms with Crippen LogP contribution >= 0.6 is 0 Å². The van der Waals surface area contributed by atoms with E-state index in [9.17, 15) is 0 Å². The summed E-state index contributed by atoms with van der Waals surface area (Å²) in [5, 5.41) is 3.38. The van der Waals surface area contributed by atoms with Crippen LogP contribution in [-0.2, 0) is 0 Å². The van der Waals surface area contributed by atoms with Gasteiger partial charge in [0.25, 0.3) is 0 Å². The average molecular weight is 193 g/mol. The summed E-state index contributed by atoms with van der Waals surface area (Å²) in [5.41, 5.74) is 0. The SMILES string of the molecule is C#CC(C)N1CC(N2CCNCC2)C1. The highest BCUT2D eigenvalue weighted by Gasteiger charge is 2.33. The van der Waals surface area contributed by atoms with Gasteiger partial charge in [-0.15, -0.1) is 6.42 Å². The van der Waals surface area contributed by atoms with Crippen LogP contribution in [0, 0.1) is 12.3 Å². The van der Waals surface area contributed by atoms with Crippen LogP contribution in [0.25, 0.3) is 0 Å². The Balaban J connectivity index is 1.74. The first-order valence-corrected chi connectivity index (χ1v) is 5.46. The summed E-state index contributed by atoms with van der Waals surface area (Å²) in [4.78, 5) is 4.95. The van der Waals surface area contributed by atoms with Gasteiger partial charge in [-0.3, -0.25) is 9.80 Å². The minimum atomic E-state index is 0.314. The van der Waals surface area contributed by atoms with E-state index in [1.54, 1.807) is 0 Å². The number of piperazine rings is 1. The second kappa shape index (κ2) is 4.31. The number of terminal acetylenes is 1. The molecule has 14 heavy (non-hydrogen) atoms. The molecule has 0 radical (unpaired) electrons. The molecule has 2 heterocycles. The maximum atomic E-state index is 5.39. The maximum absolute atomic E-state index is 5.39. The Kier molecular flexibility index (Phi) is 3.07. The predicted octanol–water partition coefficient (Wildman–Crippen LogP) is -0.402. The lowest BCUT2D eigenvalue weighted by Gasteiger charge is -2.48. The zero-order valence-corrected chi connectivity index (χ0v) is 8.87. The van der Waals surface area contributed by atoms with Gasteiger partial charge in [0.2, 0.25) is 0 Å². The zero-order valence-electron chi connectivity index (χ0n) is 8.87. The second-order valence-corrected chi connectivity index (χ2v) is 4.24. The van der Waals surface area contributed by atoms with Crippen LogP contribution in [0.4, 0.5) is 0 Å². The molecule has 1 N–H and O–H groups in total. The standard InChI is InChI=1S/C11H19N3/c1-3-10(2)14-8-11(9-14)13-6-4-12-5-7-13/h1,10-12H,4-9H2,2H3. The molecule has 2 fully saturated rings. The molecule has 3 heteroatoms. The molecule has 1 unspecified atom stereocenters. The largest absolute Gasteiger partial charge is 0.314 e. The van der Waals surface area contributed by atoms with Gasteiger partial charge >= 0.3 is 0 Å². The lowest BCUT2D eigenvalue weighted by molar-refractivity contribution is 0.0171. The van der Waals surface area contributed by atoms with Crippen molar-refractivity contribution in [3.8, 4) is 12.3 Å². The Morgan fingerprint density at radius 1 is 1.36 bits per heavy atom. The molecular formula is C11H19N3. The van der Waals surface area contributed by atoms with Gasteiger partial charge in [0.05, 0.1) is 6.04 Å². The molecule has 0 aromatic carbocycles. The molecule has 2 saturated heterocycles. The molecule has 0 aliphatic carbocycles. The molecule has 0 bridgehead atoms. The fourth-order valence-corrected chi connectivity index (χ4v) is 2.19. The van der Waals surface area contributed by atoms with Crippen LogP contribution < -0.4 is 5.32 Å². The van der Waals surface area contributed by atoms with Gasteiger partial charge in [-0.05, 0) is 6.92 Å². The van der Waals surface area contributed by atoms with Crippen molar-refractivity contribution in [2.75, 3.05) is 39.3 Å². The van der Waals surface area contributed by atoms with Crippen molar-refractivity contribution < 1.29 is 0 Å². The highest BCUT2D eigenvalue weighted by Crippen LogP contribution is 2.17. The Labute approximate surface area is 86.4 Å². The van der Waals surface area contributed by atoms with Gasteiger partial charge in [-0.25, -0.2) is 0 Å². The van der Waals surface area contributed by atoms with Gasteiger partial charge in [0.15, 0.2) is 0 Å². The molecule has 3 nitrogen and oxygen atoms in total. The quantitative estimate of drug-likeness (QED) is 0.602. The van der Waals surface area contributed by atoms with E-state index in [1.807, 2.05) is 0 Å². The highest BCUT2D eigenvalue weighted by atomic mass is 15.3. The Bertz CT molecular complexity index is 221. The topological polar surface area (TPSA) is 18.5 Å². The fraction of sp³-hybridized carbons (Fsp3) is 0.818. The van der Waals surface area contributed by atoms with Crippen LogP contribution in [0.1, 0.15) is 6.92 Å². The van der Waals surface area contributed by atoms with Crippen LogP contribution in [0.15, 0.2) is 0 Å². The summed E-state index contributed by atoms with van der Waals surface area (Å²) in [6.07, 6.45) is 5.39. The van der Waals surface area contributed by atoms with Crippen LogP contribution in [-0.4, -0.2) is 61.2 Å². The maximum Gasteiger partial charge on any atom is 0.0684 e. The molecule has 2 aliphatic heterocycles. The minimum absolute atomic E-state index is 0.314. The van der Waals surface area contributed by atoms with Gasteiger partial charge in [0, 0.05) is 45.3 Å². The van der Waals surface area contributed by atoms with Crippen molar-refractivity contribution in [1.29, 1.82) is 0 Å². The summed E-state index contributed by atoms with van der Waals surface area (Å²) in [6.45, 7) is 9.10. The molecular weight excluding hydrogens is 174 g/mol. The highest BCUT2D eigenvalue weighted by molar-refractivity contribution is 5.03. The van der Waals surface area contributed by atoms with Gasteiger partial charge < -0.3 is 5.32 Å². The predicted molar refractivity (Wildman–Crippen MR) is 58.1 cm³/mol. The molecule has 0 spiro atoms. The van der Waals surface area contributed by atoms with E-state index in [0.29, 0.717) is 6.04 Å². The van der Waals surface area contributed by atoms with Crippen molar-refractivity contribution in [3.05, 3.63) is 0 Å². The number of likely N-dealkylation sites (tertiary alicyclic amines) is 1. The van der Waals surface area contributed by atoms with E-state index >= 15 is 0 Å². The monoisotopic (exact) mass is 193 g/mol. The number of hydrogen-bond acceptors (Lipinski definition) is 3. The van der Waals surface area contributed by atoms with Crippen molar-refractivity contribution in [2.24, 2.45) is 0 Å². The van der Waals surface area contributed by atoms with Gasteiger partial charge in [0.1, 0.15) is 0 Å². The van der Waals surface area contributed by atoms with Gasteiger partial charge in [-0.1, -0.05) is 5.92 Å². The molecule has 0 aromatic heterocycles. The first-order chi connectivity index (χ1) is 6.81. The van der Waals surface area contributed by atoms with E-state index in [4.69, 9.17) is 6.42 Å². The number of rotatable bonds is 2. The first kappa shape index (κ1) is 9.97. The third-order valence-electron chi connectivity index (χ3n) is 3.35. The molecule has 0 saturated carbocycles. The van der Waals surface area contributed by atoms with E-state index in [1.165, 1.54) is 13.1 Å². The Morgan fingerprint density at radius 2 is 2.00 bits per heavy atom. The number of nitrogens with zero attached hydrogens (tertiary/aromatic N) is 2. The Morgan fingerprint density at radius 3 is 2.57 bits per heavy atom. The van der Waals surface area contributed by atoms with Crippen molar-refractivity contribution in [2.45, 2.75) is 19.0 Å². The molecule has 1 atom stereocenters. The van der Waals surface area contributed by atoms with Crippen LogP contribution in [0.2, 0.25) is 0 Å². The second-order valence-electron chi connectivity index (χ2n) is 4.24. The third kappa shape index (κ3) is 1.93. The summed E-state index contributed by atoms with van der Waals surface area (Å²) >= 11 is 0. The van der Waals surface area contributed by atoms with Gasteiger partial charge in [-0.2, -0.15) is 0 Å². The third-order valence-corrected chi connectivity index (χ3v) is 3.35. The summed E-state index contributed by atoms with van der Waals surface area (Å²) in [6, 6.07) is 1.07. The summed E-state index contributed by atoms with van der Waals surface area (Å²) < 4.78 is 0. The van der Waals surface area contributed by atoms with E-state index in [2.05, 4.69) is 28.0 Å². The molecule has 0 amide bonds. The minimum Gasteiger partial charge on any atom is -0.314 e. The number of hydrogen-bond donors (Lipinski definition) is 1. The normalized spacial score (nSPS) is 28.0. The molecule has 0 aromatic rings. The smallest absolute Gasteiger partial charge is 0.0684 e. The molecule has 78 valence electrons. The lowest BCUT2D eigenvalue weighted by atomic mass is 10.0. The summed E-state index contributed by atoms with van der Waals surface area (Å²) in [7, 11) is 0. The Hall–Kier alpha value is -0.560.